The molecule has 0 spiro atoms. The van der Waals surface area contributed by atoms with Gasteiger partial charge in [0.1, 0.15) is 6.61 Å². The van der Waals surface area contributed by atoms with Crippen molar-refractivity contribution in [2.45, 2.75) is 91.2 Å². The molecule has 0 saturated heterocycles. The zero-order valence-electron chi connectivity index (χ0n) is 17.7. The summed E-state index contributed by atoms with van der Waals surface area (Å²) in [5, 5.41) is 5.78. The molecule has 0 unspecified atom stereocenters. The largest absolute Gasteiger partial charge is 0.375 e. The maximum atomic E-state index is 12.0. The SMILES string of the molecule is CCCCCCOCC(=O)NC(C)(C)CCOC(C)(C)CCNC(C)=O. The first kappa shape index (κ1) is 24.9. The maximum absolute atomic E-state index is 12.0. The highest BCUT2D eigenvalue weighted by atomic mass is 16.5. The maximum Gasteiger partial charge on any atom is 0.246 e. The molecule has 0 heterocycles. The highest BCUT2D eigenvalue weighted by Gasteiger charge is 2.23. The van der Waals surface area contributed by atoms with E-state index in [0.717, 1.165) is 19.3 Å². The Bertz CT molecular complexity index is 409. The van der Waals surface area contributed by atoms with Crippen molar-refractivity contribution in [2.24, 2.45) is 0 Å². The van der Waals surface area contributed by atoms with Crippen molar-refractivity contribution in [2.75, 3.05) is 26.4 Å². The van der Waals surface area contributed by atoms with E-state index < -0.39 is 0 Å². The molecule has 0 aliphatic carbocycles. The number of nitrogens with one attached hydrogen (secondary N) is 2. The molecule has 26 heavy (non-hydrogen) atoms. The van der Waals surface area contributed by atoms with Crippen LogP contribution in [-0.4, -0.2) is 49.3 Å². The van der Waals surface area contributed by atoms with Crippen LogP contribution in [0.3, 0.4) is 0 Å². The van der Waals surface area contributed by atoms with Crippen molar-refractivity contribution in [1.82, 2.24) is 10.6 Å². The Morgan fingerprint density at radius 1 is 0.962 bits per heavy atom. The number of carbonyl (C=O) groups is 2. The van der Waals surface area contributed by atoms with Gasteiger partial charge in [0.25, 0.3) is 0 Å². The van der Waals surface area contributed by atoms with Crippen LogP contribution >= 0.6 is 0 Å². The summed E-state index contributed by atoms with van der Waals surface area (Å²) in [7, 11) is 0. The molecule has 0 aromatic rings. The summed E-state index contributed by atoms with van der Waals surface area (Å²) in [5.41, 5.74) is -0.666. The summed E-state index contributed by atoms with van der Waals surface area (Å²) < 4.78 is 11.4. The van der Waals surface area contributed by atoms with E-state index >= 15 is 0 Å². The van der Waals surface area contributed by atoms with Gasteiger partial charge in [0.2, 0.25) is 11.8 Å². The fourth-order valence-electron chi connectivity index (χ4n) is 2.47. The van der Waals surface area contributed by atoms with Gasteiger partial charge in [0, 0.05) is 32.2 Å². The van der Waals surface area contributed by atoms with Crippen molar-refractivity contribution < 1.29 is 19.1 Å². The highest BCUT2D eigenvalue weighted by molar-refractivity contribution is 5.77. The van der Waals surface area contributed by atoms with Crippen molar-refractivity contribution in [1.29, 1.82) is 0 Å². The number of hydrogen-bond acceptors (Lipinski definition) is 4. The summed E-state index contributed by atoms with van der Waals surface area (Å²) in [6, 6.07) is 0. The average molecular weight is 373 g/mol. The van der Waals surface area contributed by atoms with Crippen LogP contribution in [0.25, 0.3) is 0 Å². The molecule has 6 nitrogen and oxygen atoms in total. The zero-order chi connectivity index (χ0) is 20.1. The van der Waals surface area contributed by atoms with Gasteiger partial charge >= 0.3 is 0 Å². The van der Waals surface area contributed by atoms with Crippen LogP contribution < -0.4 is 10.6 Å². The van der Waals surface area contributed by atoms with Crippen LogP contribution in [0.2, 0.25) is 0 Å². The molecule has 0 rings (SSSR count). The first-order chi connectivity index (χ1) is 12.1. The summed E-state index contributed by atoms with van der Waals surface area (Å²) in [5.74, 6) is -0.118. The Hall–Kier alpha value is -1.14. The number of ether oxygens (including phenoxy) is 2. The molecule has 0 aliphatic rings. The molecule has 2 N–H and O–H groups in total. The third kappa shape index (κ3) is 15.1. The van der Waals surface area contributed by atoms with E-state index in [1.807, 2.05) is 27.7 Å². The molecule has 0 aromatic carbocycles. The summed E-state index contributed by atoms with van der Waals surface area (Å²) in [6.45, 7) is 13.5. The molecule has 0 bridgehead atoms. The van der Waals surface area contributed by atoms with Crippen molar-refractivity contribution in [3.63, 3.8) is 0 Å². The van der Waals surface area contributed by atoms with E-state index in [4.69, 9.17) is 9.47 Å². The van der Waals surface area contributed by atoms with Crippen LogP contribution in [-0.2, 0) is 19.1 Å². The van der Waals surface area contributed by atoms with Gasteiger partial charge in [-0.25, -0.2) is 0 Å². The van der Waals surface area contributed by atoms with Crippen LogP contribution in [0.5, 0.6) is 0 Å². The average Bonchev–Trinajstić information content (AvgIpc) is 2.49. The quantitative estimate of drug-likeness (QED) is 0.433. The lowest BCUT2D eigenvalue weighted by Crippen LogP contribution is -2.46. The Balaban J connectivity index is 3.94. The Morgan fingerprint density at radius 2 is 1.65 bits per heavy atom. The first-order valence-electron chi connectivity index (χ1n) is 9.85. The van der Waals surface area contributed by atoms with Crippen LogP contribution in [0.15, 0.2) is 0 Å². The fraction of sp³-hybridized carbons (Fsp3) is 0.900. The molecule has 2 amide bonds. The molecule has 154 valence electrons. The van der Waals surface area contributed by atoms with E-state index in [1.54, 1.807) is 0 Å². The molecule has 0 fully saturated rings. The van der Waals surface area contributed by atoms with E-state index in [0.29, 0.717) is 26.2 Å². The second-order valence-electron chi connectivity index (χ2n) is 8.14. The molecule has 0 radical (unpaired) electrons. The Labute approximate surface area is 159 Å². The van der Waals surface area contributed by atoms with Crippen LogP contribution in [0, 0.1) is 0 Å². The Kier molecular flexibility index (Phi) is 12.5. The van der Waals surface area contributed by atoms with E-state index in [2.05, 4.69) is 17.6 Å². The fourth-order valence-corrected chi connectivity index (χ4v) is 2.47. The monoisotopic (exact) mass is 372 g/mol. The van der Waals surface area contributed by atoms with Crippen LogP contribution in [0.1, 0.15) is 80.1 Å². The summed E-state index contributed by atoms with van der Waals surface area (Å²) >= 11 is 0. The minimum atomic E-state index is -0.351. The number of rotatable bonds is 15. The second-order valence-corrected chi connectivity index (χ2v) is 8.14. The predicted molar refractivity (Wildman–Crippen MR) is 105 cm³/mol. The number of unbranched alkanes of at least 4 members (excludes halogenated alkanes) is 3. The third-order valence-electron chi connectivity index (χ3n) is 4.17. The minimum Gasteiger partial charge on any atom is -0.375 e. The third-order valence-corrected chi connectivity index (χ3v) is 4.17. The predicted octanol–water partition coefficient (Wildman–Crippen LogP) is 3.19. The normalized spacial score (nSPS) is 12.1. The van der Waals surface area contributed by atoms with Gasteiger partial charge in [-0.15, -0.1) is 0 Å². The highest BCUT2D eigenvalue weighted by Crippen LogP contribution is 2.17. The number of hydrogen-bond donors (Lipinski definition) is 2. The van der Waals surface area contributed by atoms with E-state index in [9.17, 15) is 9.59 Å². The number of amides is 2. The van der Waals surface area contributed by atoms with Crippen molar-refractivity contribution in [3.8, 4) is 0 Å². The molecule has 6 heteroatoms. The topological polar surface area (TPSA) is 76.7 Å². The van der Waals surface area contributed by atoms with Gasteiger partial charge in [0.05, 0.1) is 5.60 Å². The van der Waals surface area contributed by atoms with Crippen LogP contribution in [0.4, 0.5) is 0 Å². The van der Waals surface area contributed by atoms with Gasteiger partial charge in [-0.3, -0.25) is 9.59 Å². The number of carbonyl (C=O) groups excluding carboxylic acids is 2. The summed E-state index contributed by atoms with van der Waals surface area (Å²) in [6.07, 6.45) is 6.01. The molecule has 0 saturated carbocycles. The molecule has 0 aliphatic heterocycles. The van der Waals surface area contributed by atoms with E-state index in [-0.39, 0.29) is 29.6 Å². The minimum absolute atomic E-state index is 0.0303. The molecule has 0 aromatic heterocycles. The summed E-state index contributed by atoms with van der Waals surface area (Å²) in [4.78, 5) is 22.9. The first-order valence-corrected chi connectivity index (χ1v) is 9.85. The van der Waals surface area contributed by atoms with E-state index in [1.165, 1.54) is 19.8 Å². The lowest BCUT2D eigenvalue weighted by Gasteiger charge is -2.30. The lowest BCUT2D eigenvalue weighted by atomic mass is 10.0. The van der Waals surface area contributed by atoms with Gasteiger partial charge in [-0.2, -0.15) is 0 Å². The smallest absolute Gasteiger partial charge is 0.246 e. The lowest BCUT2D eigenvalue weighted by molar-refractivity contribution is -0.127. The Morgan fingerprint density at radius 3 is 2.27 bits per heavy atom. The molecular weight excluding hydrogens is 332 g/mol. The van der Waals surface area contributed by atoms with Gasteiger partial charge < -0.3 is 20.1 Å². The second kappa shape index (κ2) is 13.1. The van der Waals surface area contributed by atoms with Gasteiger partial charge in [0.15, 0.2) is 0 Å². The van der Waals surface area contributed by atoms with Crippen molar-refractivity contribution >= 4 is 11.8 Å². The standard InChI is InChI=1S/C20H40N2O4/c1-7-8-9-10-14-25-16-18(24)22-19(3,4)12-15-26-20(5,6)11-13-21-17(2)23/h7-16H2,1-6H3,(H,21,23)(H,22,24). The van der Waals surface area contributed by atoms with Crippen molar-refractivity contribution in [3.05, 3.63) is 0 Å². The molecular formula is C20H40N2O4. The van der Waals surface area contributed by atoms with Gasteiger partial charge in [-0.1, -0.05) is 26.2 Å². The van der Waals surface area contributed by atoms with Gasteiger partial charge in [-0.05, 0) is 47.0 Å². The molecule has 0 atom stereocenters. The zero-order valence-corrected chi connectivity index (χ0v) is 17.7.